The van der Waals surface area contributed by atoms with Crippen molar-refractivity contribution >= 4 is 17.6 Å². The molecular weight excluding hydrogens is 406 g/mol. The van der Waals surface area contributed by atoms with Crippen molar-refractivity contribution in [2.45, 2.75) is 65.1 Å². The minimum atomic E-state index is -0.911. The molecule has 2 aromatic rings. The maximum Gasteiger partial charge on any atom is 0.339 e. The van der Waals surface area contributed by atoms with Crippen LogP contribution in [0.15, 0.2) is 24.3 Å². The number of nitrogens with one attached hydrogen (secondary N) is 1. The van der Waals surface area contributed by atoms with E-state index in [9.17, 15) is 9.59 Å². The second kappa shape index (κ2) is 8.58. The number of ether oxygens (including phenoxy) is 3. The first-order valence-corrected chi connectivity index (χ1v) is 11.2. The molecule has 1 N–H and O–H groups in total. The summed E-state index contributed by atoms with van der Waals surface area (Å²) in [5, 5.41) is 2.98. The predicted molar refractivity (Wildman–Crippen MR) is 123 cm³/mol. The van der Waals surface area contributed by atoms with Gasteiger partial charge in [-0.25, -0.2) is 4.79 Å². The second-order valence-electron chi connectivity index (χ2n) is 9.46. The molecule has 0 saturated carbocycles. The molecular formula is C26H31NO5. The van der Waals surface area contributed by atoms with Gasteiger partial charge in [-0.15, -0.1) is 0 Å². The van der Waals surface area contributed by atoms with Gasteiger partial charge in [-0.3, -0.25) is 4.79 Å². The smallest absolute Gasteiger partial charge is 0.339 e. The van der Waals surface area contributed by atoms with Gasteiger partial charge >= 0.3 is 5.97 Å². The highest BCUT2D eigenvalue weighted by atomic mass is 16.6. The van der Waals surface area contributed by atoms with E-state index in [2.05, 4.69) is 11.4 Å². The Labute approximate surface area is 189 Å². The van der Waals surface area contributed by atoms with Gasteiger partial charge in [0.15, 0.2) is 6.10 Å². The Morgan fingerprint density at radius 2 is 1.94 bits per heavy atom. The van der Waals surface area contributed by atoms with E-state index in [0.717, 1.165) is 64.3 Å². The Kier molecular flexibility index (Phi) is 5.99. The molecule has 2 aliphatic heterocycles. The molecule has 0 spiro atoms. The third-order valence-corrected chi connectivity index (χ3v) is 5.90. The van der Waals surface area contributed by atoms with Crippen LogP contribution < -0.4 is 10.1 Å². The predicted octanol–water partition coefficient (Wildman–Crippen LogP) is 4.90. The zero-order valence-corrected chi connectivity index (χ0v) is 19.5. The van der Waals surface area contributed by atoms with Crippen molar-refractivity contribution < 1.29 is 23.8 Å². The molecule has 0 aliphatic carbocycles. The van der Waals surface area contributed by atoms with Gasteiger partial charge in [0.25, 0.3) is 0 Å². The van der Waals surface area contributed by atoms with Crippen LogP contribution in [0, 0.1) is 6.92 Å². The van der Waals surface area contributed by atoms with Crippen molar-refractivity contribution in [1.82, 2.24) is 0 Å². The van der Waals surface area contributed by atoms with Gasteiger partial charge in [-0.05, 0) is 93.0 Å². The number of esters is 1. The normalized spacial score (nSPS) is 16.3. The Hall–Kier alpha value is -2.86. The zero-order valence-electron chi connectivity index (χ0n) is 19.5. The summed E-state index contributed by atoms with van der Waals surface area (Å²) >= 11 is 0. The number of fused-ring (bicyclic) bond motifs is 2. The Morgan fingerprint density at radius 1 is 1.16 bits per heavy atom. The van der Waals surface area contributed by atoms with Crippen LogP contribution in [0.1, 0.15) is 62.0 Å². The van der Waals surface area contributed by atoms with Crippen molar-refractivity contribution in [1.29, 1.82) is 0 Å². The lowest BCUT2D eigenvalue weighted by atomic mass is 9.83. The molecule has 0 aromatic heterocycles. The minimum Gasteiger partial charge on any atom is -0.493 e. The molecule has 0 bridgehead atoms. The van der Waals surface area contributed by atoms with E-state index in [1.165, 1.54) is 7.11 Å². The molecule has 170 valence electrons. The average Bonchev–Trinajstić information content (AvgIpc) is 2.75. The molecule has 1 unspecified atom stereocenters. The lowest BCUT2D eigenvalue weighted by Gasteiger charge is -2.32. The third-order valence-electron chi connectivity index (χ3n) is 5.90. The van der Waals surface area contributed by atoms with Gasteiger partial charge in [-0.2, -0.15) is 0 Å². The molecule has 4 rings (SSSR count). The Bertz CT molecular complexity index is 1070. The average molecular weight is 438 g/mol. The van der Waals surface area contributed by atoms with Crippen LogP contribution in [0.25, 0.3) is 11.1 Å². The lowest BCUT2D eigenvalue weighted by molar-refractivity contribution is -0.164. The molecule has 0 radical (unpaired) electrons. The Balaban J connectivity index is 1.97. The number of hydrogen-bond donors (Lipinski definition) is 1. The standard InChI is InChI=1S/C26H31NO5/c1-15-13-19-18(9-11-21(28)27-19)23(24(25(29)30-5)32-26(2,3)4)22(15)17-8-10-20-16(14-17)7-6-12-31-20/h8,10,13-14,24H,6-7,9,11-12H2,1-5H3,(H,27,28). The van der Waals surface area contributed by atoms with Crippen LogP contribution in [-0.4, -0.2) is 31.2 Å². The number of methoxy groups -OCH3 is 1. The first-order valence-electron chi connectivity index (χ1n) is 11.2. The van der Waals surface area contributed by atoms with Crippen LogP contribution in [0.4, 0.5) is 5.69 Å². The van der Waals surface area contributed by atoms with Crippen molar-refractivity contribution in [2.24, 2.45) is 0 Å². The van der Waals surface area contributed by atoms with E-state index in [0.29, 0.717) is 12.8 Å². The van der Waals surface area contributed by atoms with Crippen molar-refractivity contribution in [3.05, 3.63) is 46.5 Å². The summed E-state index contributed by atoms with van der Waals surface area (Å²) in [6.07, 6.45) is 1.93. The highest BCUT2D eigenvalue weighted by molar-refractivity contribution is 5.96. The maximum atomic E-state index is 13.0. The van der Waals surface area contributed by atoms with Crippen molar-refractivity contribution in [2.75, 3.05) is 19.0 Å². The van der Waals surface area contributed by atoms with Crippen molar-refractivity contribution in [3.63, 3.8) is 0 Å². The summed E-state index contributed by atoms with van der Waals surface area (Å²) in [6.45, 7) is 8.49. The Morgan fingerprint density at radius 3 is 2.66 bits per heavy atom. The first kappa shape index (κ1) is 22.3. The molecule has 6 nitrogen and oxygen atoms in total. The number of benzene rings is 2. The molecule has 2 aromatic carbocycles. The summed E-state index contributed by atoms with van der Waals surface area (Å²) in [5.74, 6) is 0.444. The van der Waals surface area contributed by atoms with Gasteiger partial charge in [0, 0.05) is 17.7 Å². The number of aryl methyl sites for hydroxylation is 2. The van der Waals surface area contributed by atoms with Gasteiger partial charge in [0.1, 0.15) is 5.75 Å². The van der Waals surface area contributed by atoms with E-state index in [4.69, 9.17) is 14.2 Å². The topological polar surface area (TPSA) is 73.9 Å². The van der Waals surface area contributed by atoms with E-state index >= 15 is 0 Å². The first-order chi connectivity index (χ1) is 15.2. The zero-order chi connectivity index (χ0) is 23.0. The van der Waals surface area contributed by atoms with Gasteiger partial charge < -0.3 is 19.5 Å². The summed E-state index contributed by atoms with van der Waals surface area (Å²) in [4.78, 5) is 25.1. The fraction of sp³-hybridized carbons (Fsp3) is 0.462. The summed E-state index contributed by atoms with van der Waals surface area (Å²) < 4.78 is 17.3. The van der Waals surface area contributed by atoms with Crippen LogP contribution in [0.5, 0.6) is 5.75 Å². The highest BCUT2D eigenvalue weighted by Gasteiger charge is 2.35. The van der Waals surface area contributed by atoms with E-state index in [-0.39, 0.29) is 5.91 Å². The van der Waals surface area contributed by atoms with Crippen LogP contribution in [0.3, 0.4) is 0 Å². The molecule has 2 aliphatic rings. The lowest BCUT2D eigenvalue weighted by Crippen LogP contribution is -2.31. The van der Waals surface area contributed by atoms with Crippen molar-refractivity contribution in [3.8, 4) is 16.9 Å². The molecule has 2 heterocycles. The number of carbonyl (C=O) groups excluding carboxylic acids is 2. The molecule has 0 saturated heterocycles. The fourth-order valence-corrected chi connectivity index (χ4v) is 4.59. The fourth-order valence-electron chi connectivity index (χ4n) is 4.59. The van der Waals surface area contributed by atoms with Crippen LogP contribution in [0.2, 0.25) is 0 Å². The molecule has 1 amide bonds. The van der Waals surface area contributed by atoms with Gasteiger partial charge in [-0.1, -0.05) is 6.07 Å². The quantitative estimate of drug-likeness (QED) is 0.689. The van der Waals surface area contributed by atoms with Crippen LogP contribution >= 0.6 is 0 Å². The highest BCUT2D eigenvalue weighted by Crippen LogP contribution is 2.44. The molecule has 32 heavy (non-hydrogen) atoms. The minimum absolute atomic E-state index is 0.0205. The number of amides is 1. The van der Waals surface area contributed by atoms with E-state index in [1.807, 2.05) is 45.9 Å². The monoisotopic (exact) mass is 437 g/mol. The van der Waals surface area contributed by atoms with Gasteiger partial charge in [0.2, 0.25) is 5.91 Å². The second-order valence-corrected chi connectivity index (χ2v) is 9.46. The molecule has 0 fully saturated rings. The maximum absolute atomic E-state index is 13.0. The summed E-state index contributed by atoms with van der Waals surface area (Å²) in [6, 6.07) is 8.19. The molecule has 1 atom stereocenters. The number of carbonyl (C=O) groups is 2. The van der Waals surface area contributed by atoms with E-state index in [1.54, 1.807) is 0 Å². The summed E-state index contributed by atoms with van der Waals surface area (Å²) in [7, 11) is 1.38. The number of anilines is 1. The van der Waals surface area contributed by atoms with Crippen LogP contribution in [-0.2, 0) is 31.9 Å². The molecule has 6 heteroatoms. The van der Waals surface area contributed by atoms with Gasteiger partial charge in [0.05, 0.1) is 19.3 Å². The largest absolute Gasteiger partial charge is 0.493 e. The SMILES string of the molecule is COC(=O)C(OC(C)(C)C)c1c2c(cc(C)c1-c1ccc3c(c1)CCCO3)NC(=O)CC2. The van der Waals surface area contributed by atoms with E-state index < -0.39 is 17.7 Å². The number of rotatable bonds is 4. The summed E-state index contributed by atoms with van der Waals surface area (Å²) in [5.41, 5.74) is 5.96. The number of hydrogen-bond acceptors (Lipinski definition) is 5. The third kappa shape index (κ3) is 4.37.